The number of hydrogen-bond acceptors (Lipinski definition) is 6. The third-order valence-corrected chi connectivity index (χ3v) is 9.08. The summed E-state index contributed by atoms with van der Waals surface area (Å²) in [5.74, 6) is -0.179. The molecule has 2 fully saturated rings. The van der Waals surface area contributed by atoms with Crippen molar-refractivity contribution in [2.45, 2.75) is 50.4 Å². The van der Waals surface area contributed by atoms with E-state index in [1.807, 2.05) is 95.6 Å². The Morgan fingerprint density at radius 3 is 2.41 bits per heavy atom. The van der Waals surface area contributed by atoms with Crippen LogP contribution in [0.3, 0.4) is 0 Å². The van der Waals surface area contributed by atoms with Gasteiger partial charge in [0.2, 0.25) is 0 Å². The predicted molar refractivity (Wildman–Crippen MR) is 177 cm³/mol. The van der Waals surface area contributed by atoms with Gasteiger partial charge in [-0.3, -0.25) is 9.36 Å². The predicted octanol–water partition coefficient (Wildman–Crippen LogP) is 5.96. The lowest BCUT2D eigenvalue weighted by Crippen LogP contribution is -2.43. The van der Waals surface area contributed by atoms with Gasteiger partial charge in [0.15, 0.2) is 6.29 Å². The van der Waals surface area contributed by atoms with Crippen molar-refractivity contribution in [3.05, 3.63) is 136 Å². The van der Waals surface area contributed by atoms with Crippen molar-refractivity contribution >= 4 is 22.6 Å². The maximum absolute atomic E-state index is 12.8. The van der Waals surface area contributed by atoms with E-state index in [-0.39, 0.29) is 36.5 Å². The highest BCUT2D eigenvalue weighted by atomic mass is 16.7. The van der Waals surface area contributed by atoms with Gasteiger partial charge in [0.25, 0.3) is 5.91 Å². The number of rotatable bonds is 8. The molecular formula is C37H38N4O5. The largest absolute Gasteiger partial charge is 0.392 e. The number of imidazole rings is 1. The Bertz CT molecular complexity index is 1840. The number of H-pyrrole nitrogens is 1. The van der Waals surface area contributed by atoms with Gasteiger partial charge in [-0.15, -0.1) is 0 Å². The Hall–Kier alpha value is -4.54. The molecule has 1 aromatic heterocycles. The van der Waals surface area contributed by atoms with Crippen LogP contribution in [0.4, 0.5) is 5.69 Å². The monoisotopic (exact) mass is 618 g/mol. The number of aromatic nitrogens is 2. The minimum absolute atomic E-state index is 0.0116. The lowest BCUT2D eigenvalue weighted by Gasteiger charge is -2.40. The summed E-state index contributed by atoms with van der Waals surface area (Å²) in [5, 5.41) is 12.5. The van der Waals surface area contributed by atoms with Gasteiger partial charge in [-0.2, -0.15) is 0 Å². The van der Waals surface area contributed by atoms with Crippen LogP contribution in [0.5, 0.6) is 0 Å². The van der Waals surface area contributed by atoms with Gasteiger partial charge >= 0.3 is 5.69 Å². The number of nitrogens with one attached hydrogen (secondary N) is 2. The van der Waals surface area contributed by atoms with Crippen LogP contribution >= 0.6 is 0 Å². The second kappa shape index (κ2) is 13.4. The first-order chi connectivity index (χ1) is 22.5. The number of nitrogens with zero attached hydrogens (tertiary/aromatic N) is 2. The molecule has 1 amide bonds. The molecular weight excluding hydrogens is 580 g/mol. The molecule has 2 aliphatic heterocycles. The van der Waals surface area contributed by atoms with Crippen LogP contribution in [0.15, 0.2) is 108 Å². The van der Waals surface area contributed by atoms with Gasteiger partial charge in [-0.25, -0.2) is 4.79 Å². The Morgan fingerprint density at radius 2 is 1.63 bits per heavy atom. The minimum Gasteiger partial charge on any atom is -0.392 e. The lowest BCUT2D eigenvalue weighted by atomic mass is 9.98. The first-order valence-electron chi connectivity index (χ1n) is 15.9. The molecule has 2 saturated heterocycles. The number of fused-ring (bicyclic) bond motifs is 1. The number of aliphatic hydroxyl groups is 1. The van der Waals surface area contributed by atoms with Crippen molar-refractivity contribution in [2.24, 2.45) is 0 Å². The molecule has 9 nitrogen and oxygen atoms in total. The number of amides is 1. The van der Waals surface area contributed by atoms with Crippen LogP contribution in [-0.2, 0) is 16.1 Å². The fourth-order valence-corrected chi connectivity index (χ4v) is 6.67. The fourth-order valence-electron chi connectivity index (χ4n) is 6.67. The molecule has 0 aliphatic carbocycles. The van der Waals surface area contributed by atoms with Gasteiger partial charge in [0.1, 0.15) is 0 Å². The third-order valence-electron chi connectivity index (χ3n) is 9.08. The number of benzene rings is 4. The van der Waals surface area contributed by atoms with Crippen LogP contribution in [0, 0.1) is 0 Å². The molecule has 0 unspecified atom stereocenters. The Morgan fingerprint density at radius 1 is 0.870 bits per heavy atom. The smallest absolute Gasteiger partial charge is 0.326 e. The van der Waals surface area contributed by atoms with Crippen molar-refractivity contribution in [1.82, 2.24) is 14.5 Å². The number of piperidine rings is 1. The van der Waals surface area contributed by atoms with Gasteiger partial charge < -0.3 is 29.8 Å². The van der Waals surface area contributed by atoms with Crippen LogP contribution in [-0.4, -0.2) is 51.2 Å². The second-order valence-electron chi connectivity index (χ2n) is 12.1. The van der Waals surface area contributed by atoms with Crippen molar-refractivity contribution in [3.63, 3.8) is 0 Å². The highest BCUT2D eigenvalue weighted by molar-refractivity contribution is 6.04. The summed E-state index contributed by atoms with van der Waals surface area (Å²) < 4.78 is 15.1. The molecule has 0 saturated carbocycles. The number of carbonyl (C=O) groups excluding carboxylic acids is 1. The summed E-state index contributed by atoms with van der Waals surface area (Å²) in [6.07, 6.45) is 1.50. The Labute approximate surface area is 267 Å². The number of para-hydroxylation sites is 2. The first kappa shape index (κ1) is 30.1. The van der Waals surface area contributed by atoms with Gasteiger partial charge in [0.05, 0.1) is 29.8 Å². The summed E-state index contributed by atoms with van der Waals surface area (Å²) in [6.45, 7) is 2.45. The SMILES string of the molecule is O=C(Nc1cccc([C@@H]2O[C@H](CN3CCC(n4c(=O)[nH]c5ccccc54)CC3)C[C@H](c3ccc(CO)cc3)O2)c1)c1ccccc1. The number of hydrogen-bond donors (Lipinski definition) is 3. The van der Waals surface area contributed by atoms with Crippen molar-refractivity contribution < 1.29 is 19.4 Å². The number of ether oxygens (including phenoxy) is 2. The van der Waals surface area contributed by atoms with Gasteiger partial charge in [-0.05, 0) is 60.4 Å². The number of aliphatic hydroxyl groups excluding tert-OH is 1. The zero-order chi connectivity index (χ0) is 31.5. The normalized spacial score (nSPS) is 20.9. The Kier molecular flexibility index (Phi) is 8.81. The molecule has 5 aromatic rings. The number of aromatic amines is 1. The highest BCUT2D eigenvalue weighted by Gasteiger charge is 2.34. The molecule has 0 radical (unpaired) electrons. The van der Waals surface area contributed by atoms with E-state index >= 15 is 0 Å². The summed E-state index contributed by atoms with van der Waals surface area (Å²) in [4.78, 5) is 31.0. The lowest BCUT2D eigenvalue weighted by molar-refractivity contribution is -0.253. The topological polar surface area (TPSA) is 109 Å². The van der Waals surface area contributed by atoms with E-state index in [1.165, 1.54) is 0 Å². The van der Waals surface area contributed by atoms with Crippen molar-refractivity contribution in [2.75, 3.05) is 25.0 Å². The van der Waals surface area contributed by atoms with E-state index in [0.717, 1.165) is 60.2 Å². The van der Waals surface area contributed by atoms with E-state index < -0.39 is 6.29 Å². The fraction of sp³-hybridized carbons (Fsp3) is 0.297. The zero-order valence-electron chi connectivity index (χ0n) is 25.5. The molecule has 4 aromatic carbocycles. The number of likely N-dealkylation sites (tertiary alicyclic amines) is 1. The van der Waals surface area contributed by atoms with Crippen LogP contribution in [0.2, 0.25) is 0 Å². The molecule has 2 aliphatic rings. The number of anilines is 1. The molecule has 46 heavy (non-hydrogen) atoms. The highest BCUT2D eigenvalue weighted by Crippen LogP contribution is 2.39. The average Bonchev–Trinajstić information content (AvgIpc) is 3.44. The van der Waals surface area contributed by atoms with Crippen LogP contribution in [0.1, 0.15) is 64.7 Å². The quantitative estimate of drug-likeness (QED) is 0.198. The maximum Gasteiger partial charge on any atom is 0.326 e. The van der Waals surface area contributed by atoms with Crippen LogP contribution < -0.4 is 11.0 Å². The standard InChI is InChI=1S/C37H38N4O5/c42-24-25-13-15-26(16-14-25)34-22-31(23-40-19-17-30(18-20-40)41-33-12-5-4-11-32(33)39-37(41)44)45-36(46-34)28-9-6-10-29(21-28)38-35(43)27-7-2-1-3-8-27/h1-16,21,30-31,34,36,42H,17-20,22-24H2,(H,38,43)(H,39,44)/t31-,34+,36+/m0/s1. The molecule has 3 N–H and O–H groups in total. The van der Waals surface area contributed by atoms with Crippen molar-refractivity contribution in [1.29, 1.82) is 0 Å². The summed E-state index contributed by atoms with van der Waals surface area (Å²) in [6, 6.07) is 32.6. The second-order valence-corrected chi connectivity index (χ2v) is 12.1. The van der Waals surface area contributed by atoms with E-state index in [9.17, 15) is 14.7 Å². The Balaban J connectivity index is 1.07. The molecule has 3 heterocycles. The van der Waals surface area contributed by atoms with E-state index in [1.54, 1.807) is 12.1 Å². The third kappa shape index (κ3) is 6.54. The van der Waals surface area contributed by atoms with Crippen molar-refractivity contribution in [3.8, 4) is 0 Å². The molecule has 3 atom stereocenters. The first-order valence-corrected chi connectivity index (χ1v) is 15.9. The molecule has 9 heteroatoms. The van der Waals surface area contributed by atoms with Gasteiger partial charge in [0, 0.05) is 48.9 Å². The molecule has 0 bridgehead atoms. The maximum atomic E-state index is 12.8. The summed E-state index contributed by atoms with van der Waals surface area (Å²) >= 11 is 0. The summed E-state index contributed by atoms with van der Waals surface area (Å²) in [5.41, 5.74) is 5.74. The van der Waals surface area contributed by atoms with E-state index in [4.69, 9.17) is 9.47 Å². The van der Waals surface area contributed by atoms with E-state index in [0.29, 0.717) is 17.7 Å². The number of carbonyl (C=O) groups is 1. The zero-order valence-corrected chi connectivity index (χ0v) is 25.5. The molecule has 236 valence electrons. The van der Waals surface area contributed by atoms with Crippen LogP contribution in [0.25, 0.3) is 11.0 Å². The summed E-state index contributed by atoms with van der Waals surface area (Å²) in [7, 11) is 0. The molecule has 0 spiro atoms. The van der Waals surface area contributed by atoms with Gasteiger partial charge in [-0.1, -0.05) is 66.7 Å². The van der Waals surface area contributed by atoms with E-state index in [2.05, 4.69) is 15.2 Å². The molecule has 7 rings (SSSR count). The minimum atomic E-state index is -0.628. The average molecular weight is 619 g/mol.